The van der Waals surface area contributed by atoms with Crippen molar-refractivity contribution < 1.29 is 14.3 Å². The monoisotopic (exact) mass is 372 g/mol. The van der Waals surface area contributed by atoms with Crippen molar-refractivity contribution in [2.45, 2.75) is 24.7 Å². The lowest BCUT2D eigenvalue weighted by Crippen LogP contribution is -2.29. The number of allylic oxidation sites excluding steroid dienone is 3. The summed E-state index contributed by atoms with van der Waals surface area (Å²) in [7, 11) is 1.59. The van der Waals surface area contributed by atoms with Crippen LogP contribution in [0.15, 0.2) is 77.4 Å². The van der Waals surface area contributed by atoms with Crippen LogP contribution < -0.4 is 10.5 Å². The highest BCUT2D eigenvalue weighted by atomic mass is 16.5. The number of carbonyl (C=O) groups excluding carboxylic acids is 1. The zero-order valence-electron chi connectivity index (χ0n) is 15.5. The van der Waals surface area contributed by atoms with Gasteiger partial charge in [-0.2, -0.15) is 5.26 Å². The van der Waals surface area contributed by atoms with E-state index < -0.39 is 5.92 Å². The molecule has 1 aliphatic carbocycles. The van der Waals surface area contributed by atoms with Gasteiger partial charge in [-0.25, -0.2) is 0 Å². The second-order valence-electron chi connectivity index (χ2n) is 6.97. The van der Waals surface area contributed by atoms with Gasteiger partial charge in [-0.15, -0.1) is 0 Å². The molecule has 0 fully saturated rings. The first kappa shape index (κ1) is 17.9. The molecule has 0 radical (unpaired) electrons. The van der Waals surface area contributed by atoms with Crippen LogP contribution >= 0.6 is 0 Å². The smallest absolute Gasteiger partial charge is 0.205 e. The first-order valence-corrected chi connectivity index (χ1v) is 9.15. The topological polar surface area (TPSA) is 85.3 Å². The second-order valence-corrected chi connectivity index (χ2v) is 6.97. The number of carbonyl (C=O) groups is 1. The lowest BCUT2D eigenvalue weighted by molar-refractivity contribution is -0.117. The van der Waals surface area contributed by atoms with Crippen LogP contribution in [-0.2, 0) is 9.53 Å². The van der Waals surface area contributed by atoms with E-state index in [1.54, 1.807) is 7.11 Å². The largest absolute Gasteiger partial charge is 0.497 e. The average Bonchev–Trinajstić information content (AvgIpc) is 2.73. The molecule has 0 saturated heterocycles. The van der Waals surface area contributed by atoms with E-state index >= 15 is 0 Å². The molecule has 0 aromatic heterocycles. The minimum Gasteiger partial charge on any atom is -0.497 e. The molecule has 5 nitrogen and oxygen atoms in total. The molecule has 1 aliphatic heterocycles. The Morgan fingerprint density at radius 3 is 2.43 bits per heavy atom. The van der Waals surface area contributed by atoms with Gasteiger partial charge >= 0.3 is 0 Å². The van der Waals surface area contributed by atoms with E-state index in [-0.39, 0.29) is 23.2 Å². The minimum absolute atomic E-state index is 0.00355. The summed E-state index contributed by atoms with van der Waals surface area (Å²) < 4.78 is 11.0. The van der Waals surface area contributed by atoms with Crippen LogP contribution in [0.5, 0.6) is 5.75 Å². The number of methoxy groups -OCH3 is 1. The van der Waals surface area contributed by atoms with E-state index in [2.05, 4.69) is 6.07 Å². The lowest BCUT2D eigenvalue weighted by Gasteiger charge is -2.34. The number of rotatable bonds is 3. The number of nitrogens with zero attached hydrogens (tertiary/aromatic N) is 1. The number of ether oxygens (including phenoxy) is 2. The minimum atomic E-state index is -0.510. The molecule has 2 aromatic rings. The summed E-state index contributed by atoms with van der Waals surface area (Å²) in [6.07, 6.45) is 0.967. The SMILES string of the molecule is COc1ccc([C@@H]2C(C#N)=C(N)OC3=C2C(=O)C[C@@H](c2ccccc2)C3)cc1. The molecule has 1 heterocycles. The van der Waals surface area contributed by atoms with Crippen molar-refractivity contribution in [2.75, 3.05) is 7.11 Å². The number of nitrogens with two attached hydrogens (primary N) is 1. The molecular formula is C23H20N2O3. The number of hydrogen-bond acceptors (Lipinski definition) is 5. The molecule has 2 N–H and O–H groups in total. The fraction of sp³-hybridized carbons (Fsp3) is 0.217. The van der Waals surface area contributed by atoms with E-state index in [0.29, 0.717) is 29.9 Å². The Hall–Kier alpha value is -3.52. The van der Waals surface area contributed by atoms with Gasteiger partial charge in [-0.1, -0.05) is 42.5 Å². The molecule has 0 saturated carbocycles. The molecule has 140 valence electrons. The van der Waals surface area contributed by atoms with Crippen LogP contribution in [0.3, 0.4) is 0 Å². The summed E-state index contributed by atoms with van der Waals surface area (Å²) in [5.41, 5.74) is 8.81. The van der Waals surface area contributed by atoms with Crippen LogP contribution in [0.25, 0.3) is 0 Å². The molecule has 4 rings (SSSR count). The van der Waals surface area contributed by atoms with Crippen LogP contribution in [0, 0.1) is 11.3 Å². The van der Waals surface area contributed by atoms with Crippen LogP contribution in [-0.4, -0.2) is 12.9 Å². The van der Waals surface area contributed by atoms with Crippen LogP contribution in [0.4, 0.5) is 0 Å². The predicted octanol–water partition coefficient (Wildman–Crippen LogP) is 3.90. The third-order valence-electron chi connectivity index (χ3n) is 5.38. The van der Waals surface area contributed by atoms with Crippen LogP contribution in [0.1, 0.15) is 35.8 Å². The molecular weight excluding hydrogens is 352 g/mol. The summed E-state index contributed by atoms with van der Waals surface area (Å²) in [5.74, 6) is 0.881. The van der Waals surface area contributed by atoms with Gasteiger partial charge in [0.1, 0.15) is 23.2 Å². The third-order valence-corrected chi connectivity index (χ3v) is 5.38. The van der Waals surface area contributed by atoms with Gasteiger partial charge < -0.3 is 15.2 Å². The number of hydrogen-bond donors (Lipinski definition) is 1. The number of ketones is 1. The number of Topliss-reactive ketones (excluding diaryl/α,β-unsaturated/α-hetero) is 1. The molecule has 2 aromatic carbocycles. The van der Waals surface area contributed by atoms with Crippen molar-refractivity contribution in [3.63, 3.8) is 0 Å². The van der Waals surface area contributed by atoms with Gasteiger partial charge in [0.25, 0.3) is 0 Å². The highest BCUT2D eigenvalue weighted by molar-refractivity contribution is 6.00. The van der Waals surface area contributed by atoms with Crippen molar-refractivity contribution in [3.8, 4) is 11.8 Å². The quantitative estimate of drug-likeness (QED) is 0.883. The summed E-state index contributed by atoms with van der Waals surface area (Å²) in [6, 6.07) is 19.4. The second kappa shape index (κ2) is 7.24. The summed E-state index contributed by atoms with van der Waals surface area (Å²) in [5, 5.41) is 9.67. The average molecular weight is 372 g/mol. The van der Waals surface area contributed by atoms with Gasteiger partial charge in [0, 0.05) is 18.4 Å². The zero-order chi connectivity index (χ0) is 19.7. The van der Waals surface area contributed by atoms with E-state index in [0.717, 1.165) is 11.1 Å². The van der Waals surface area contributed by atoms with Crippen molar-refractivity contribution >= 4 is 5.78 Å². The maximum Gasteiger partial charge on any atom is 0.205 e. The number of benzene rings is 2. The molecule has 0 unspecified atom stereocenters. The van der Waals surface area contributed by atoms with E-state index in [1.165, 1.54) is 0 Å². The first-order chi connectivity index (χ1) is 13.6. The Morgan fingerprint density at radius 2 is 1.79 bits per heavy atom. The maximum absolute atomic E-state index is 13.2. The van der Waals surface area contributed by atoms with Gasteiger partial charge in [0.05, 0.1) is 13.0 Å². The van der Waals surface area contributed by atoms with E-state index in [1.807, 2.05) is 54.6 Å². The summed E-state index contributed by atoms with van der Waals surface area (Å²) >= 11 is 0. The molecule has 28 heavy (non-hydrogen) atoms. The van der Waals surface area contributed by atoms with Gasteiger partial charge in [-0.3, -0.25) is 4.79 Å². The number of nitriles is 1. The fourth-order valence-electron chi connectivity index (χ4n) is 4.00. The molecule has 2 aliphatic rings. The summed E-state index contributed by atoms with van der Waals surface area (Å²) in [6.45, 7) is 0. The molecule has 2 atom stereocenters. The Morgan fingerprint density at radius 1 is 1.07 bits per heavy atom. The van der Waals surface area contributed by atoms with Crippen molar-refractivity contribution in [1.29, 1.82) is 5.26 Å². The Bertz CT molecular complexity index is 1010. The Kier molecular flexibility index (Phi) is 4.62. The van der Waals surface area contributed by atoms with E-state index in [9.17, 15) is 10.1 Å². The van der Waals surface area contributed by atoms with E-state index in [4.69, 9.17) is 15.2 Å². The molecule has 0 amide bonds. The Labute approximate surface area is 163 Å². The lowest BCUT2D eigenvalue weighted by atomic mass is 9.73. The highest BCUT2D eigenvalue weighted by Crippen LogP contribution is 2.46. The normalized spacial score (nSPS) is 21.6. The van der Waals surface area contributed by atoms with Crippen molar-refractivity contribution in [2.24, 2.45) is 5.73 Å². The zero-order valence-corrected chi connectivity index (χ0v) is 15.5. The molecule has 0 bridgehead atoms. The fourth-order valence-corrected chi connectivity index (χ4v) is 4.00. The maximum atomic E-state index is 13.2. The standard InChI is InChI=1S/C23H20N2O3/c1-27-17-9-7-15(8-10-17)21-18(13-24)23(25)28-20-12-16(11-19(26)22(20)21)14-5-3-2-4-6-14/h2-10,16,21H,11-12,25H2,1H3/t16-,21-/m1/s1. The predicted molar refractivity (Wildman–Crippen MR) is 104 cm³/mol. The first-order valence-electron chi connectivity index (χ1n) is 9.15. The molecule has 0 spiro atoms. The van der Waals surface area contributed by atoms with Crippen LogP contribution in [0.2, 0.25) is 0 Å². The Balaban J connectivity index is 1.77. The third kappa shape index (κ3) is 3.03. The molecule has 5 heteroatoms. The van der Waals surface area contributed by atoms with Crippen molar-refractivity contribution in [1.82, 2.24) is 0 Å². The van der Waals surface area contributed by atoms with Gasteiger partial charge in [-0.05, 0) is 29.2 Å². The highest BCUT2D eigenvalue weighted by Gasteiger charge is 2.40. The van der Waals surface area contributed by atoms with Crippen molar-refractivity contribution in [3.05, 3.63) is 88.5 Å². The summed E-state index contributed by atoms with van der Waals surface area (Å²) in [4.78, 5) is 13.2. The van der Waals surface area contributed by atoms with Gasteiger partial charge in [0.2, 0.25) is 5.88 Å². The van der Waals surface area contributed by atoms with Gasteiger partial charge in [0.15, 0.2) is 5.78 Å².